The first kappa shape index (κ1) is 18.0. The highest BCUT2D eigenvalue weighted by Gasteiger charge is 2.23. The zero-order valence-corrected chi connectivity index (χ0v) is 14.9. The third-order valence-corrected chi connectivity index (χ3v) is 4.36. The first-order valence-electron chi connectivity index (χ1n) is 8.12. The van der Waals surface area contributed by atoms with E-state index in [1.807, 2.05) is 24.3 Å². The van der Waals surface area contributed by atoms with Crippen LogP contribution in [0.1, 0.15) is 19.4 Å². The molecule has 128 valence electrons. The van der Waals surface area contributed by atoms with Crippen molar-refractivity contribution in [1.82, 2.24) is 15.5 Å². The predicted molar refractivity (Wildman–Crippen MR) is 96.1 cm³/mol. The number of rotatable bonds is 5. The summed E-state index contributed by atoms with van der Waals surface area (Å²) in [5, 5.41) is 7.47. The number of guanidine groups is 1. The van der Waals surface area contributed by atoms with Crippen LogP contribution in [0.2, 0.25) is 5.02 Å². The van der Waals surface area contributed by atoms with E-state index < -0.39 is 0 Å². The van der Waals surface area contributed by atoms with Crippen molar-refractivity contribution >= 4 is 17.6 Å². The lowest BCUT2D eigenvalue weighted by Crippen LogP contribution is -2.52. The number of ether oxygens (including phenoxy) is 1. The lowest BCUT2D eigenvalue weighted by molar-refractivity contribution is -0.0174. The van der Waals surface area contributed by atoms with Crippen LogP contribution in [0.25, 0.3) is 0 Å². The van der Waals surface area contributed by atoms with Crippen LogP contribution in [-0.4, -0.2) is 56.3 Å². The van der Waals surface area contributed by atoms with Gasteiger partial charge in [-0.05, 0) is 31.5 Å². The van der Waals surface area contributed by atoms with E-state index >= 15 is 0 Å². The fourth-order valence-corrected chi connectivity index (χ4v) is 3.02. The Morgan fingerprint density at radius 2 is 2.30 bits per heavy atom. The second-order valence-electron chi connectivity index (χ2n) is 5.95. The molecule has 23 heavy (non-hydrogen) atoms. The van der Waals surface area contributed by atoms with Gasteiger partial charge in [-0.1, -0.05) is 23.7 Å². The predicted octanol–water partition coefficient (Wildman–Crippen LogP) is 2.11. The molecule has 1 fully saturated rings. The number of benzene rings is 1. The molecule has 1 aliphatic rings. The number of hydrogen-bond acceptors (Lipinski definition) is 3. The largest absolute Gasteiger partial charge is 0.379 e. The number of nitrogens with one attached hydrogen (secondary N) is 2. The van der Waals surface area contributed by atoms with Gasteiger partial charge in [0.05, 0.1) is 13.2 Å². The molecule has 1 aromatic carbocycles. The maximum Gasteiger partial charge on any atom is 0.191 e. The van der Waals surface area contributed by atoms with Gasteiger partial charge in [-0.25, -0.2) is 0 Å². The van der Waals surface area contributed by atoms with Crippen molar-refractivity contribution in [2.45, 2.75) is 32.5 Å². The molecule has 2 rings (SSSR count). The van der Waals surface area contributed by atoms with E-state index in [0.29, 0.717) is 18.6 Å². The minimum absolute atomic E-state index is 0.429. The van der Waals surface area contributed by atoms with Gasteiger partial charge in [-0.2, -0.15) is 0 Å². The van der Waals surface area contributed by atoms with Gasteiger partial charge in [0.25, 0.3) is 0 Å². The average Bonchev–Trinajstić information content (AvgIpc) is 2.55. The minimum atomic E-state index is 0.429. The third-order valence-electron chi connectivity index (χ3n) is 4.12. The van der Waals surface area contributed by atoms with Gasteiger partial charge in [0.2, 0.25) is 0 Å². The first-order chi connectivity index (χ1) is 11.1. The summed E-state index contributed by atoms with van der Waals surface area (Å²) in [7, 11) is 1.79. The van der Waals surface area contributed by atoms with Crippen molar-refractivity contribution in [2.24, 2.45) is 4.99 Å². The zero-order chi connectivity index (χ0) is 16.7. The summed E-state index contributed by atoms with van der Waals surface area (Å²) in [6.45, 7) is 8.60. The van der Waals surface area contributed by atoms with E-state index in [0.717, 1.165) is 42.8 Å². The summed E-state index contributed by atoms with van der Waals surface area (Å²) in [4.78, 5) is 6.75. The number of nitrogens with zero attached hydrogens (tertiary/aromatic N) is 2. The van der Waals surface area contributed by atoms with Gasteiger partial charge in [0.1, 0.15) is 0 Å². The van der Waals surface area contributed by atoms with Crippen LogP contribution in [0.3, 0.4) is 0 Å². The molecule has 6 heteroatoms. The van der Waals surface area contributed by atoms with E-state index in [1.165, 1.54) is 0 Å². The summed E-state index contributed by atoms with van der Waals surface area (Å²) in [6.07, 6.45) is 0. The molecule has 0 saturated carbocycles. The van der Waals surface area contributed by atoms with Gasteiger partial charge in [-0.3, -0.25) is 9.89 Å². The molecule has 2 unspecified atom stereocenters. The molecule has 1 saturated heterocycles. The molecule has 2 atom stereocenters. The van der Waals surface area contributed by atoms with Crippen LogP contribution < -0.4 is 10.6 Å². The summed E-state index contributed by atoms with van der Waals surface area (Å²) >= 11 is 6.01. The van der Waals surface area contributed by atoms with Crippen LogP contribution in [0.4, 0.5) is 0 Å². The van der Waals surface area contributed by atoms with Crippen LogP contribution in [0, 0.1) is 0 Å². The standard InChI is InChI=1S/C17H27ClN4O/c1-13(22-7-8-23-12-14(22)2)10-20-17(19-3)21-11-15-5-4-6-16(18)9-15/h4-6,9,13-14H,7-8,10-12H2,1-3H3,(H2,19,20,21). The maximum atomic E-state index is 6.01. The summed E-state index contributed by atoms with van der Waals surface area (Å²) < 4.78 is 5.50. The van der Waals surface area contributed by atoms with Crippen molar-refractivity contribution in [3.05, 3.63) is 34.9 Å². The average molecular weight is 339 g/mol. The lowest BCUT2D eigenvalue weighted by atomic mass is 10.2. The van der Waals surface area contributed by atoms with Crippen LogP contribution >= 0.6 is 11.6 Å². The quantitative estimate of drug-likeness (QED) is 0.638. The van der Waals surface area contributed by atoms with Crippen molar-refractivity contribution in [3.8, 4) is 0 Å². The lowest BCUT2D eigenvalue weighted by Gasteiger charge is -2.38. The molecule has 2 N–H and O–H groups in total. The Hall–Kier alpha value is -1.30. The molecule has 5 nitrogen and oxygen atoms in total. The topological polar surface area (TPSA) is 48.9 Å². The molecule has 0 spiro atoms. The highest BCUT2D eigenvalue weighted by Crippen LogP contribution is 2.11. The molecular formula is C17H27ClN4O. The second kappa shape index (κ2) is 9.11. The maximum absolute atomic E-state index is 6.01. The number of halogens is 1. The highest BCUT2D eigenvalue weighted by atomic mass is 35.5. The molecule has 0 aromatic heterocycles. The molecule has 1 heterocycles. The summed E-state index contributed by atoms with van der Waals surface area (Å²) in [5.41, 5.74) is 1.13. The molecule has 0 amide bonds. The normalized spacial score (nSPS) is 21.0. The smallest absolute Gasteiger partial charge is 0.191 e. The van der Waals surface area contributed by atoms with Crippen molar-refractivity contribution in [3.63, 3.8) is 0 Å². The molecule has 1 aromatic rings. The third kappa shape index (κ3) is 5.68. The Labute approximate surface area is 144 Å². The Bertz CT molecular complexity index is 523. The SMILES string of the molecule is CN=C(NCc1cccc(Cl)c1)NCC(C)N1CCOCC1C. The minimum Gasteiger partial charge on any atom is -0.379 e. The van der Waals surface area contributed by atoms with E-state index in [9.17, 15) is 0 Å². The van der Waals surface area contributed by atoms with Gasteiger partial charge in [-0.15, -0.1) is 0 Å². The Morgan fingerprint density at radius 3 is 3.00 bits per heavy atom. The van der Waals surface area contributed by atoms with E-state index in [1.54, 1.807) is 7.05 Å². The Balaban J connectivity index is 1.78. The number of hydrogen-bond donors (Lipinski definition) is 2. The Morgan fingerprint density at radius 1 is 1.48 bits per heavy atom. The van der Waals surface area contributed by atoms with Crippen molar-refractivity contribution in [1.29, 1.82) is 0 Å². The van der Waals surface area contributed by atoms with Crippen molar-refractivity contribution < 1.29 is 4.74 Å². The van der Waals surface area contributed by atoms with Gasteiger partial charge >= 0.3 is 0 Å². The molecule has 0 bridgehead atoms. The van der Waals surface area contributed by atoms with Crippen LogP contribution in [0.15, 0.2) is 29.3 Å². The number of aliphatic imine (C=N–C) groups is 1. The first-order valence-corrected chi connectivity index (χ1v) is 8.50. The van der Waals surface area contributed by atoms with E-state index in [2.05, 4.69) is 34.4 Å². The second-order valence-corrected chi connectivity index (χ2v) is 6.38. The summed E-state index contributed by atoms with van der Waals surface area (Å²) in [6, 6.07) is 8.73. The van der Waals surface area contributed by atoms with Crippen LogP contribution in [-0.2, 0) is 11.3 Å². The van der Waals surface area contributed by atoms with Crippen LogP contribution in [0.5, 0.6) is 0 Å². The number of morpholine rings is 1. The van der Waals surface area contributed by atoms with E-state index in [4.69, 9.17) is 16.3 Å². The van der Waals surface area contributed by atoms with E-state index in [-0.39, 0.29) is 0 Å². The van der Waals surface area contributed by atoms with Gasteiger partial charge < -0.3 is 15.4 Å². The molecule has 1 aliphatic heterocycles. The van der Waals surface area contributed by atoms with Crippen molar-refractivity contribution in [2.75, 3.05) is 33.4 Å². The Kier molecular flexibility index (Phi) is 7.15. The highest BCUT2D eigenvalue weighted by molar-refractivity contribution is 6.30. The van der Waals surface area contributed by atoms with Gasteiger partial charge in [0, 0.05) is 43.8 Å². The fraction of sp³-hybridized carbons (Fsp3) is 0.588. The molecular weight excluding hydrogens is 312 g/mol. The monoisotopic (exact) mass is 338 g/mol. The summed E-state index contributed by atoms with van der Waals surface area (Å²) in [5.74, 6) is 0.803. The fourth-order valence-electron chi connectivity index (χ4n) is 2.81. The zero-order valence-electron chi connectivity index (χ0n) is 14.2. The van der Waals surface area contributed by atoms with Gasteiger partial charge in [0.15, 0.2) is 5.96 Å². The molecule has 0 radical (unpaired) electrons. The molecule has 0 aliphatic carbocycles.